The minimum atomic E-state index is -4.67. The third-order valence-electron chi connectivity index (χ3n) is 2.57. The van der Waals surface area contributed by atoms with E-state index in [9.17, 15) is 26.3 Å². The van der Waals surface area contributed by atoms with Crippen molar-refractivity contribution in [2.24, 2.45) is 4.99 Å². The molecule has 0 bridgehead atoms. The zero-order valence-electron chi connectivity index (χ0n) is 11.2. The number of halogens is 6. The van der Waals surface area contributed by atoms with E-state index >= 15 is 0 Å². The maximum absolute atomic E-state index is 12.6. The van der Waals surface area contributed by atoms with Crippen LogP contribution >= 0.6 is 0 Å². The molecule has 0 aliphatic carbocycles. The van der Waals surface area contributed by atoms with Crippen molar-refractivity contribution in [1.82, 2.24) is 10.2 Å². The van der Waals surface area contributed by atoms with Crippen LogP contribution in [0.2, 0.25) is 0 Å². The monoisotopic (exact) mass is 313 g/mol. The van der Waals surface area contributed by atoms with Crippen LogP contribution in [0.5, 0.6) is 0 Å². The van der Waals surface area contributed by atoms with Gasteiger partial charge in [0.1, 0.15) is 11.4 Å². The van der Waals surface area contributed by atoms with Crippen molar-refractivity contribution < 1.29 is 26.3 Å². The van der Waals surface area contributed by atoms with Gasteiger partial charge in [0, 0.05) is 7.05 Å². The Morgan fingerprint density at radius 2 is 1.90 bits per heavy atom. The van der Waals surface area contributed by atoms with Gasteiger partial charge in [-0.1, -0.05) is 13.3 Å². The number of hydrogen-bond donors (Lipinski definition) is 1. The van der Waals surface area contributed by atoms with E-state index in [1.807, 2.05) is 0 Å². The van der Waals surface area contributed by atoms with Crippen molar-refractivity contribution >= 4 is 11.3 Å². The van der Waals surface area contributed by atoms with Crippen LogP contribution in [0.1, 0.15) is 31.2 Å². The molecule has 0 aromatic carbocycles. The predicted molar refractivity (Wildman–Crippen MR) is 65.9 cm³/mol. The summed E-state index contributed by atoms with van der Waals surface area (Å²) in [4.78, 5) is 3.12. The normalized spacial score (nSPS) is 14.7. The van der Waals surface area contributed by atoms with Crippen LogP contribution in [0.4, 0.5) is 26.3 Å². The topological polar surface area (TPSA) is 41.0 Å². The van der Waals surface area contributed by atoms with Crippen LogP contribution in [0.3, 0.4) is 0 Å². The molecule has 0 spiro atoms. The van der Waals surface area contributed by atoms with Crippen molar-refractivity contribution in [2.75, 3.05) is 7.05 Å². The van der Waals surface area contributed by atoms with Gasteiger partial charge in [-0.25, -0.2) is 0 Å². The minimum absolute atomic E-state index is 0.0437. The summed E-state index contributed by atoms with van der Waals surface area (Å²) in [5.41, 5.74) is -2.40. The first-order valence-electron chi connectivity index (χ1n) is 5.97. The van der Waals surface area contributed by atoms with E-state index in [2.05, 4.69) is 10.1 Å². The van der Waals surface area contributed by atoms with Crippen molar-refractivity contribution in [3.05, 3.63) is 23.5 Å². The molecule has 1 heterocycles. The number of aromatic amines is 1. The first-order valence-corrected chi connectivity index (χ1v) is 5.97. The van der Waals surface area contributed by atoms with E-state index in [1.54, 1.807) is 12.0 Å². The Labute approximate surface area is 116 Å². The molecule has 0 atom stereocenters. The van der Waals surface area contributed by atoms with Crippen LogP contribution in [0.15, 0.2) is 17.1 Å². The quantitative estimate of drug-likeness (QED) is 0.655. The van der Waals surface area contributed by atoms with Gasteiger partial charge in [0.25, 0.3) is 0 Å². The van der Waals surface area contributed by atoms with E-state index in [-0.39, 0.29) is 17.7 Å². The summed E-state index contributed by atoms with van der Waals surface area (Å²) < 4.78 is 75.4. The molecular formula is C12H13F6N3. The summed E-state index contributed by atoms with van der Waals surface area (Å²) in [6.45, 7) is 1.70. The number of nitrogens with one attached hydrogen (secondary N) is 1. The molecular weight excluding hydrogens is 300 g/mol. The number of alkyl halides is 6. The first-order chi connectivity index (χ1) is 9.59. The van der Waals surface area contributed by atoms with Crippen LogP contribution in [0, 0.1) is 0 Å². The van der Waals surface area contributed by atoms with Crippen molar-refractivity contribution in [1.29, 1.82) is 0 Å². The second-order valence-corrected chi connectivity index (χ2v) is 4.19. The molecule has 118 valence electrons. The SMILES string of the molecule is CCC/C(=C\C(=NC)C(F)(F)F)c1cc(C(F)(F)F)[nH]n1. The molecule has 1 rings (SSSR count). The first kappa shape index (κ1) is 17.3. The number of nitrogens with zero attached hydrogens (tertiary/aromatic N) is 2. The second-order valence-electron chi connectivity index (χ2n) is 4.19. The highest BCUT2D eigenvalue weighted by Crippen LogP contribution is 2.30. The lowest BCUT2D eigenvalue weighted by atomic mass is 10.0. The molecule has 0 amide bonds. The van der Waals surface area contributed by atoms with Gasteiger partial charge in [-0.05, 0) is 24.1 Å². The lowest BCUT2D eigenvalue weighted by molar-refractivity contribution is -0.141. The second kappa shape index (κ2) is 6.31. The average molecular weight is 313 g/mol. The number of aromatic nitrogens is 2. The number of H-pyrrole nitrogens is 1. The number of aliphatic imine (C=N–C) groups is 1. The van der Waals surface area contributed by atoms with E-state index in [4.69, 9.17) is 0 Å². The molecule has 1 aromatic rings. The van der Waals surface area contributed by atoms with E-state index in [0.717, 1.165) is 13.1 Å². The maximum Gasteiger partial charge on any atom is 0.432 e. The molecule has 1 N–H and O–H groups in total. The molecule has 0 fully saturated rings. The summed E-state index contributed by atoms with van der Waals surface area (Å²) in [6.07, 6.45) is -7.98. The zero-order valence-corrected chi connectivity index (χ0v) is 11.2. The summed E-state index contributed by atoms with van der Waals surface area (Å²) in [6, 6.07) is 0.686. The highest BCUT2D eigenvalue weighted by atomic mass is 19.4. The standard InChI is InChI=1S/C12H13F6N3/c1-3-4-7(5-9(19-2)11(13,14)15)8-6-10(21-20-8)12(16,17)18/h5-6H,3-4H2,1-2H3,(H,20,21)/b7-5+,19-9?. The predicted octanol–water partition coefficient (Wildman–Crippen LogP) is 4.25. The van der Waals surface area contributed by atoms with Gasteiger partial charge in [0.2, 0.25) is 0 Å². The van der Waals surface area contributed by atoms with Crippen LogP contribution in [-0.4, -0.2) is 29.1 Å². The fourth-order valence-electron chi connectivity index (χ4n) is 1.61. The van der Waals surface area contributed by atoms with E-state index in [1.165, 1.54) is 0 Å². The lowest BCUT2D eigenvalue weighted by Crippen LogP contribution is -2.21. The molecule has 1 aromatic heterocycles. The molecule has 21 heavy (non-hydrogen) atoms. The molecule has 0 radical (unpaired) electrons. The van der Waals surface area contributed by atoms with Crippen LogP contribution in [0.25, 0.3) is 5.57 Å². The summed E-state index contributed by atoms with van der Waals surface area (Å²) in [5, 5.41) is 5.21. The molecule has 0 saturated heterocycles. The highest BCUT2D eigenvalue weighted by Gasteiger charge is 2.35. The van der Waals surface area contributed by atoms with Crippen LogP contribution in [-0.2, 0) is 6.18 Å². The lowest BCUT2D eigenvalue weighted by Gasteiger charge is -2.08. The summed E-state index contributed by atoms with van der Waals surface area (Å²) in [5.74, 6) is 0. The van der Waals surface area contributed by atoms with Gasteiger partial charge < -0.3 is 0 Å². The molecule has 0 saturated carbocycles. The number of rotatable bonds is 4. The Kier molecular flexibility index (Phi) is 5.19. The largest absolute Gasteiger partial charge is 0.432 e. The summed E-state index contributed by atoms with van der Waals surface area (Å²) >= 11 is 0. The minimum Gasteiger partial charge on any atom is -0.284 e. The zero-order chi connectivity index (χ0) is 16.3. The van der Waals surface area contributed by atoms with Gasteiger partial charge in [-0.15, -0.1) is 0 Å². The Hall–Kier alpha value is -1.80. The van der Waals surface area contributed by atoms with Gasteiger partial charge in [0.15, 0.2) is 0 Å². The Morgan fingerprint density at radius 1 is 1.29 bits per heavy atom. The highest BCUT2D eigenvalue weighted by molar-refractivity contribution is 6.04. The van der Waals surface area contributed by atoms with E-state index < -0.39 is 23.8 Å². The van der Waals surface area contributed by atoms with Crippen molar-refractivity contribution in [2.45, 2.75) is 32.1 Å². The van der Waals surface area contributed by atoms with Gasteiger partial charge in [-0.2, -0.15) is 31.4 Å². The number of allylic oxidation sites excluding steroid dienone is 2. The third-order valence-corrected chi connectivity index (χ3v) is 2.57. The third kappa shape index (κ3) is 4.61. The maximum atomic E-state index is 12.6. The number of hydrogen-bond acceptors (Lipinski definition) is 2. The van der Waals surface area contributed by atoms with Crippen LogP contribution < -0.4 is 0 Å². The van der Waals surface area contributed by atoms with Gasteiger partial charge in [-0.3, -0.25) is 10.1 Å². The van der Waals surface area contributed by atoms with Gasteiger partial charge in [0.05, 0.1) is 5.69 Å². The Morgan fingerprint density at radius 3 is 2.29 bits per heavy atom. The van der Waals surface area contributed by atoms with Gasteiger partial charge >= 0.3 is 12.4 Å². The average Bonchev–Trinajstić information content (AvgIpc) is 2.81. The summed E-state index contributed by atoms with van der Waals surface area (Å²) in [7, 11) is 0.967. The van der Waals surface area contributed by atoms with Crippen molar-refractivity contribution in [3.8, 4) is 0 Å². The molecule has 3 nitrogen and oxygen atoms in total. The van der Waals surface area contributed by atoms with E-state index in [0.29, 0.717) is 12.5 Å². The Bertz CT molecular complexity index is 536. The fourth-order valence-corrected chi connectivity index (χ4v) is 1.61. The molecule has 9 heteroatoms. The van der Waals surface area contributed by atoms with Crippen molar-refractivity contribution in [3.63, 3.8) is 0 Å². The molecule has 0 unspecified atom stereocenters. The fraction of sp³-hybridized carbons (Fsp3) is 0.500. The smallest absolute Gasteiger partial charge is 0.284 e. The molecule has 0 aliphatic rings. The molecule has 0 aliphatic heterocycles. The Balaban J connectivity index is 3.21.